The summed E-state index contributed by atoms with van der Waals surface area (Å²) in [6, 6.07) is 12.9. The quantitative estimate of drug-likeness (QED) is 0.758. The molecule has 104 valence electrons. The van der Waals surface area contributed by atoms with E-state index in [1.54, 1.807) is 36.4 Å². The second-order valence-electron chi connectivity index (χ2n) is 4.54. The second kappa shape index (κ2) is 5.20. The number of hydrogen-bond acceptors (Lipinski definition) is 3. The highest BCUT2D eigenvalue weighted by Crippen LogP contribution is 2.23. The number of hydrogen-bond donors (Lipinski definition) is 2. The lowest BCUT2D eigenvalue weighted by molar-refractivity contribution is 0.102. The minimum Gasteiger partial charge on any atom is -0.396 e. The lowest BCUT2D eigenvalue weighted by Gasteiger charge is -2.09. The van der Waals surface area contributed by atoms with E-state index in [4.69, 9.17) is 5.73 Å². The fourth-order valence-electron chi connectivity index (χ4n) is 2.16. The summed E-state index contributed by atoms with van der Waals surface area (Å²) < 4.78 is 13.8. The number of benzene rings is 2. The number of nitrogens with one attached hydrogen (secondary N) is 1. The first-order valence-electron chi connectivity index (χ1n) is 6.36. The van der Waals surface area contributed by atoms with Crippen molar-refractivity contribution in [3.05, 3.63) is 66.1 Å². The van der Waals surface area contributed by atoms with Crippen LogP contribution in [0.4, 0.5) is 15.9 Å². The van der Waals surface area contributed by atoms with Crippen LogP contribution in [0.15, 0.2) is 54.7 Å². The van der Waals surface area contributed by atoms with Gasteiger partial charge in [-0.1, -0.05) is 24.3 Å². The molecule has 1 heterocycles. The van der Waals surface area contributed by atoms with Crippen molar-refractivity contribution in [2.45, 2.75) is 0 Å². The summed E-state index contributed by atoms with van der Waals surface area (Å²) in [5.74, 6) is -0.452. The summed E-state index contributed by atoms with van der Waals surface area (Å²) in [5, 5.41) is 3.59. The maximum absolute atomic E-state index is 13.8. The molecule has 0 saturated heterocycles. The van der Waals surface area contributed by atoms with Gasteiger partial charge in [0, 0.05) is 17.1 Å². The molecule has 5 heteroatoms. The molecule has 0 radical (unpaired) electrons. The third-order valence-corrected chi connectivity index (χ3v) is 3.19. The highest BCUT2D eigenvalue weighted by molar-refractivity contribution is 6.13. The maximum Gasteiger partial charge on any atom is 0.257 e. The largest absolute Gasteiger partial charge is 0.396 e. The Balaban J connectivity index is 2.03. The molecule has 1 amide bonds. The first-order valence-corrected chi connectivity index (χ1v) is 6.36. The van der Waals surface area contributed by atoms with Crippen LogP contribution in [0, 0.1) is 5.82 Å². The molecule has 21 heavy (non-hydrogen) atoms. The minimum atomic E-state index is -0.378. The van der Waals surface area contributed by atoms with Crippen molar-refractivity contribution in [3.8, 4) is 0 Å². The van der Waals surface area contributed by atoms with Gasteiger partial charge in [-0.15, -0.1) is 0 Å². The number of halogens is 1. The molecule has 0 aliphatic heterocycles. The van der Waals surface area contributed by atoms with Crippen LogP contribution >= 0.6 is 0 Å². The van der Waals surface area contributed by atoms with Crippen LogP contribution in [-0.4, -0.2) is 10.9 Å². The number of nitrogen functional groups attached to an aromatic ring is 1. The molecule has 3 N–H and O–H groups in total. The molecular weight excluding hydrogens is 269 g/mol. The monoisotopic (exact) mass is 281 g/mol. The Morgan fingerprint density at radius 1 is 1.05 bits per heavy atom. The number of rotatable bonds is 2. The molecule has 0 unspecified atom stereocenters. The maximum atomic E-state index is 13.8. The summed E-state index contributed by atoms with van der Waals surface area (Å²) in [7, 11) is 0. The molecule has 0 fully saturated rings. The zero-order valence-electron chi connectivity index (χ0n) is 11.0. The predicted octanol–water partition coefficient (Wildman–Crippen LogP) is 3.21. The van der Waals surface area contributed by atoms with Crippen LogP contribution in [0.1, 0.15) is 10.4 Å². The van der Waals surface area contributed by atoms with E-state index in [-0.39, 0.29) is 17.5 Å². The Bertz CT molecular complexity index is 833. The average Bonchev–Trinajstić information content (AvgIpc) is 2.50. The van der Waals surface area contributed by atoms with E-state index < -0.39 is 0 Å². The molecule has 3 rings (SSSR count). The highest BCUT2D eigenvalue weighted by Gasteiger charge is 2.13. The number of carbonyl (C=O) groups is 1. The van der Waals surface area contributed by atoms with Gasteiger partial charge in [-0.3, -0.25) is 4.79 Å². The lowest BCUT2D eigenvalue weighted by Crippen LogP contribution is -2.14. The summed E-state index contributed by atoms with van der Waals surface area (Å²) >= 11 is 0. The first kappa shape index (κ1) is 13.1. The topological polar surface area (TPSA) is 68.0 Å². The van der Waals surface area contributed by atoms with Crippen LogP contribution in [-0.2, 0) is 0 Å². The van der Waals surface area contributed by atoms with E-state index in [2.05, 4.69) is 10.3 Å². The number of pyridine rings is 1. The molecule has 1 aromatic heterocycles. The van der Waals surface area contributed by atoms with Gasteiger partial charge < -0.3 is 11.1 Å². The van der Waals surface area contributed by atoms with E-state index in [0.717, 1.165) is 0 Å². The molecule has 0 aliphatic carbocycles. The number of fused-ring (bicyclic) bond motifs is 1. The normalized spacial score (nSPS) is 10.5. The number of nitrogens with two attached hydrogens (primary N) is 1. The molecular formula is C16H12FN3O. The van der Waals surface area contributed by atoms with Crippen molar-refractivity contribution >= 4 is 28.2 Å². The minimum absolute atomic E-state index is 0.288. The molecule has 0 atom stereocenters. The van der Waals surface area contributed by atoms with Crippen molar-refractivity contribution in [1.29, 1.82) is 0 Å². The Morgan fingerprint density at radius 2 is 1.81 bits per heavy atom. The molecule has 0 aliphatic rings. The van der Waals surface area contributed by atoms with E-state index in [9.17, 15) is 9.18 Å². The van der Waals surface area contributed by atoms with E-state index in [1.165, 1.54) is 18.3 Å². The number of anilines is 2. The van der Waals surface area contributed by atoms with Crippen molar-refractivity contribution < 1.29 is 9.18 Å². The summed E-state index contributed by atoms with van der Waals surface area (Å²) in [4.78, 5) is 16.4. The van der Waals surface area contributed by atoms with E-state index in [0.29, 0.717) is 22.0 Å². The Kier molecular flexibility index (Phi) is 3.23. The molecule has 3 aromatic rings. The molecule has 0 bridgehead atoms. The van der Waals surface area contributed by atoms with Gasteiger partial charge in [0.1, 0.15) is 5.82 Å². The fraction of sp³-hybridized carbons (Fsp3) is 0. The standard InChI is InChI=1S/C16H12FN3O/c17-13-8-7-12(10-4-1-2-5-11(10)13)16(21)20-15-14(18)6-3-9-19-15/h1-9H,18H2,(H,19,20,21). The van der Waals surface area contributed by atoms with Crippen molar-refractivity contribution in [1.82, 2.24) is 4.98 Å². The average molecular weight is 281 g/mol. The van der Waals surface area contributed by atoms with Gasteiger partial charge in [-0.2, -0.15) is 0 Å². The Labute approximate surface area is 120 Å². The van der Waals surface area contributed by atoms with Gasteiger partial charge in [-0.05, 0) is 29.7 Å². The zero-order chi connectivity index (χ0) is 14.8. The summed E-state index contributed by atoms with van der Waals surface area (Å²) in [6.45, 7) is 0. The summed E-state index contributed by atoms with van der Waals surface area (Å²) in [6.07, 6.45) is 1.54. The Morgan fingerprint density at radius 3 is 2.57 bits per heavy atom. The summed E-state index contributed by atoms with van der Waals surface area (Å²) in [5.41, 5.74) is 6.49. The van der Waals surface area contributed by atoms with Gasteiger partial charge in [0.15, 0.2) is 5.82 Å². The highest BCUT2D eigenvalue weighted by atomic mass is 19.1. The SMILES string of the molecule is Nc1cccnc1NC(=O)c1ccc(F)c2ccccc12. The van der Waals surface area contributed by atoms with E-state index >= 15 is 0 Å². The molecule has 2 aromatic carbocycles. The van der Waals surface area contributed by atoms with Gasteiger partial charge >= 0.3 is 0 Å². The van der Waals surface area contributed by atoms with Crippen molar-refractivity contribution in [2.75, 3.05) is 11.1 Å². The third kappa shape index (κ3) is 2.41. The fourth-order valence-corrected chi connectivity index (χ4v) is 2.16. The number of nitrogens with zero attached hydrogens (tertiary/aromatic N) is 1. The molecule has 4 nitrogen and oxygen atoms in total. The van der Waals surface area contributed by atoms with Gasteiger partial charge in [0.25, 0.3) is 5.91 Å². The lowest BCUT2D eigenvalue weighted by atomic mass is 10.0. The van der Waals surface area contributed by atoms with Crippen LogP contribution in [0.3, 0.4) is 0 Å². The zero-order valence-corrected chi connectivity index (χ0v) is 11.0. The second-order valence-corrected chi connectivity index (χ2v) is 4.54. The Hall–Kier alpha value is -2.95. The van der Waals surface area contributed by atoms with Crippen LogP contribution in [0.25, 0.3) is 10.8 Å². The van der Waals surface area contributed by atoms with Crippen LogP contribution in [0.5, 0.6) is 0 Å². The third-order valence-electron chi connectivity index (χ3n) is 3.19. The molecule has 0 spiro atoms. The van der Waals surface area contributed by atoms with Crippen molar-refractivity contribution in [3.63, 3.8) is 0 Å². The number of amides is 1. The number of carbonyl (C=O) groups excluding carboxylic acids is 1. The van der Waals surface area contributed by atoms with Crippen LogP contribution < -0.4 is 11.1 Å². The first-order chi connectivity index (χ1) is 10.2. The predicted molar refractivity (Wildman–Crippen MR) is 80.5 cm³/mol. The number of aromatic nitrogens is 1. The van der Waals surface area contributed by atoms with Gasteiger partial charge in [-0.25, -0.2) is 9.37 Å². The van der Waals surface area contributed by atoms with Gasteiger partial charge in [0.05, 0.1) is 5.69 Å². The van der Waals surface area contributed by atoms with E-state index in [1.807, 2.05) is 0 Å². The smallest absolute Gasteiger partial charge is 0.257 e. The molecule has 0 saturated carbocycles. The van der Waals surface area contributed by atoms with Gasteiger partial charge in [0.2, 0.25) is 0 Å². The van der Waals surface area contributed by atoms with Crippen molar-refractivity contribution in [2.24, 2.45) is 0 Å². The van der Waals surface area contributed by atoms with Crippen LogP contribution in [0.2, 0.25) is 0 Å².